The standard InChI is InChI=1S/C15H32N2/c1-5-11-17(6-2)12-10-16-14-8-7-9-15(3,4)13-14/h14,16H,5-13H2,1-4H3. The molecule has 102 valence electrons. The molecule has 0 aromatic heterocycles. The van der Waals surface area contributed by atoms with E-state index in [9.17, 15) is 0 Å². The van der Waals surface area contributed by atoms with Crippen LogP contribution < -0.4 is 5.32 Å². The van der Waals surface area contributed by atoms with Crippen molar-refractivity contribution in [2.45, 2.75) is 65.8 Å². The Morgan fingerprint density at radius 1 is 1.24 bits per heavy atom. The van der Waals surface area contributed by atoms with Crippen molar-refractivity contribution in [3.8, 4) is 0 Å². The second-order valence-electron chi connectivity index (χ2n) is 6.35. The van der Waals surface area contributed by atoms with E-state index in [1.54, 1.807) is 0 Å². The van der Waals surface area contributed by atoms with Gasteiger partial charge in [-0.15, -0.1) is 0 Å². The summed E-state index contributed by atoms with van der Waals surface area (Å²) in [6.07, 6.45) is 6.81. The zero-order valence-electron chi connectivity index (χ0n) is 12.4. The van der Waals surface area contributed by atoms with Crippen molar-refractivity contribution in [2.75, 3.05) is 26.2 Å². The van der Waals surface area contributed by atoms with Crippen molar-refractivity contribution in [3.05, 3.63) is 0 Å². The summed E-state index contributed by atoms with van der Waals surface area (Å²) in [5, 5.41) is 3.76. The van der Waals surface area contributed by atoms with Crippen molar-refractivity contribution in [2.24, 2.45) is 5.41 Å². The van der Waals surface area contributed by atoms with E-state index in [-0.39, 0.29) is 0 Å². The van der Waals surface area contributed by atoms with E-state index in [2.05, 4.69) is 37.9 Å². The summed E-state index contributed by atoms with van der Waals surface area (Å²) in [4.78, 5) is 2.54. The highest BCUT2D eigenvalue weighted by atomic mass is 15.1. The molecular weight excluding hydrogens is 208 g/mol. The van der Waals surface area contributed by atoms with Gasteiger partial charge < -0.3 is 10.2 Å². The quantitative estimate of drug-likeness (QED) is 0.735. The Balaban J connectivity index is 2.17. The molecular formula is C15H32N2. The van der Waals surface area contributed by atoms with Crippen molar-refractivity contribution >= 4 is 0 Å². The lowest BCUT2D eigenvalue weighted by atomic mass is 9.75. The highest BCUT2D eigenvalue weighted by molar-refractivity contribution is 4.83. The topological polar surface area (TPSA) is 15.3 Å². The van der Waals surface area contributed by atoms with E-state index in [4.69, 9.17) is 0 Å². The predicted molar refractivity (Wildman–Crippen MR) is 76.4 cm³/mol. The minimum Gasteiger partial charge on any atom is -0.313 e. The second-order valence-corrected chi connectivity index (χ2v) is 6.35. The molecule has 0 aromatic carbocycles. The fourth-order valence-corrected chi connectivity index (χ4v) is 3.04. The predicted octanol–water partition coefficient (Wildman–Crippen LogP) is 3.28. The molecule has 0 amide bonds. The molecule has 0 radical (unpaired) electrons. The molecule has 1 unspecified atom stereocenters. The number of likely N-dealkylation sites (N-methyl/N-ethyl adjacent to an activating group) is 1. The third kappa shape index (κ3) is 5.87. The number of nitrogens with zero attached hydrogens (tertiary/aromatic N) is 1. The normalized spacial score (nSPS) is 24.2. The summed E-state index contributed by atoms with van der Waals surface area (Å²) >= 11 is 0. The first kappa shape index (κ1) is 15.0. The molecule has 17 heavy (non-hydrogen) atoms. The zero-order chi connectivity index (χ0) is 12.7. The second kappa shape index (κ2) is 7.38. The number of hydrogen-bond donors (Lipinski definition) is 1. The van der Waals surface area contributed by atoms with Gasteiger partial charge in [0.05, 0.1) is 0 Å². The Labute approximate surface area is 108 Å². The lowest BCUT2D eigenvalue weighted by Crippen LogP contribution is -2.41. The third-order valence-corrected chi connectivity index (χ3v) is 4.05. The molecule has 0 heterocycles. The molecule has 1 fully saturated rings. The Morgan fingerprint density at radius 2 is 2.00 bits per heavy atom. The molecule has 1 N–H and O–H groups in total. The Hall–Kier alpha value is -0.0800. The van der Waals surface area contributed by atoms with E-state index in [1.807, 2.05) is 0 Å². The lowest BCUT2D eigenvalue weighted by Gasteiger charge is -2.36. The molecule has 1 aliphatic carbocycles. The minimum atomic E-state index is 0.559. The molecule has 0 saturated heterocycles. The monoisotopic (exact) mass is 240 g/mol. The van der Waals surface area contributed by atoms with Crippen LogP contribution in [0.2, 0.25) is 0 Å². The van der Waals surface area contributed by atoms with Crippen LogP contribution in [0.15, 0.2) is 0 Å². The van der Waals surface area contributed by atoms with Gasteiger partial charge in [-0.1, -0.05) is 34.1 Å². The average molecular weight is 240 g/mol. The van der Waals surface area contributed by atoms with Gasteiger partial charge in [0.1, 0.15) is 0 Å². The number of rotatable bonds is 7. The summed E-state index contributed by atoms with van der Waals surface area (Å²) in [6.45, 7) is 14.2. The molecule has 0 aromatic rings. The fraction of sp³-hybridized carbons (Fsp3) is 1.00. The van der Waals surface area contributed by atoms with Crippen LogP contribution in [0, 0.1) is 5.41 Å². The van der Waals surface area contributed by atoms with E-state index in [0.29, 0.717) is 5.41 Å². The van der Waals surface area contributed by atoms with E-state index < -0.39 is 0 Å². The molecule has 1 aliphatic rings. The summed E-state index contributed by atoms with van der Waals surface area (Å²) in [6, 6.07) is 0.763. The van der Waals surface area contributed by atoms with Crippen molar-refractivity contribution in [1.82, 2.24) is 10.2 Å². The Bertz CT molecular complexity index is 201. The van der Waals surface area contributed by atoms with Crippen molar-refractivity contribution in [1.29, 1.82) is 0 Å². The first-order valence-electron chi connectivity index (χ1n) is 7.53. The third-order valence-electron chi connectivity index (χ3n) is 4.05. The van der Waals surface area contributed by atoms with Gasteiger partial charge in [0, 0.05) is 19.1 Å². The smallest absolute Gasteiger partial charge is 0.0107 e. The number of nitrogens with one attached hydrogen (secondary N) is 1. The maximum Gasteiger partial charge on any atom is 0.0107 e. The van der Waals surface area contributed by atoms with E-state index in [0.717, 1.165) is 12.6 Å². The minimum absolute atomic E-state index is 0.559. The van der Waals surface area contributed by atoms with E-state index in [1.165, 1.54) is 51.7 Å². The van der Waals surface area contributed by atoms with Crippen LogP contribution >= 0.6 is 0 Å². The molecule has 2 heteroatoms. The molecule has 1 atom stereocenters. The maximum atomic E-state index is 3.76. The summed E-state index contributed by atoms with van der Waals surface area (Å²) in [7, 11) is 0. The lowest BCUT2D eigenvalue weighted by molar-refractivity contribution is 0.192. The van der Waals surface area contributed by atoms with Gasteiger partial charge in [-0.3, -0.25) is 0 Å². The average Bonchev–Trinajstić information content (AvgIpc) is 2.26. The zero-order valence-corrected chi connectivity index (χ0v) is 12.4. The van der Waals surface area contributed by atoms with Gasteiger partial charge in [-0.2, -0.15) is 0 Å². The first-order valence-corrected chi connectivity index (χ1v) is 7.53. The molecule has 0 bridgehead atoms. The summed E-state index contributed by atoms with van der Waals surface area (Å²) in [5.74, 6) is 0. The van der Waals surface area contributed by atoms with Crippen LogP contribution in [-0.4, -0.2) is 37.1 Å². The van der Waals surface area contributed by atoms with Gasteiger partial charge in [0.15, 0.2) is 0 Å². The molecule has 1 saturated carbocycles. The van der Waals surface area contributed by atoms with Gasteiger partial charge in [-0.25, -0.2) is 0 Å². The number of hydrogen-bond acceptors (Lipinski definition) is 2. The van der Waals surface area contributed by atoms with Gasteiger partial charge in [0.25, 0.3) is 0 Å². The highest BCUT2D eigenvalue weighted by Crippen LogP contribution is 2.34. The van der Waals surface area contributed by atoms with Crippen LogP contribution in [0.25, 0.3) is 0 Å². The first-order chi connectivity index (χ1) is 8.07. The van der Waals surface area contributed by atoms with Crippen LogP contribution in [0.3, 0.4) is 0 Å². The van der Waals surface area contributed by atoms with Crippen LogP contribution in [-0.2, 0) is 0 Å². The molecule has 0 aliphatic heterocycles. The molecule has 0 spiro atoms. The van der Waals surface area contributed by atoms with Gasteiger partial charge in [-0.05, 0) is 44.2 Å². The Morgan fingerprint density at radius 3 is 2.59 bits per heavy atom. The van der Waals surface area contributed by atoms with Crippen LogP contribution in [0.5, 0.6) is 0 Å². The largest absolute Gasteiger partial charge is 0.313 e. The van der Waals surface area contributed by atoms with Crippen LogP contribution in [0.1, 0.15) is 59.8 Å². The molecule has 2 nitrogen and oxygen atoms in total. The van der Waals surface area contributed by atoms with Crippen molar-refractivity contribution < 1.29 is 0 Å². The Kier molecular flexibility index (Phi) is 6.50. The van der Waals surface area contributed by atoms with Crippen LogP contribution in [0.4, 0.5) is 0 Å². The van der Waals surface area contributed by atoms with Crippen molar-refractivity contribution in [3.63, 3.8) is 0 Å². The van der Waals surface area contributed by atoms with E-state index >= 15 is 0 Å². The summed E-state index contributed by atoms with van der Waals surface area (Å²) in [5.41, 5.74) is 0.559. The molecule has 1 rings (SSSR count). The van der Waals surface area contributed by atoms with Gasteiger partial charge in [0.2, 0.25) is 0 Å². The summed E-state index contributed by atoms with van der Waals surface area (Å²) < 4.78 is 0. The SMILES string of the molecule is CCCN(CC)CCNC1CCCC(C)(C)C1. The highest BCUT2D eigenvalue weighted by Gasteiger charge is 2.27. The van der Waals surface area contributed by atoms with Gasteiger partial charge >= 0.3 is 0 Å². The maximum absolute atomic E-state index is 3.76. The fourth-order valence-electron chi connectivity index (χ4n) is 3.04.